The predicted molar refractivity (Wildman–Crippen MR) is 105 cm³/mol. The Bertz CT molecular complexity index is 858. The second kappa shape index (κ2) is 8.41. The fraction of sp³-hybridized carbons (Fsp3) is 0.0625. The maximum Gasteiger partial charge on any atom is 0.337 e. The molecule has 0 aliphatic carbocycles. The number of amides is 1. The van der Waals surface area contributed by atoms with Crippen LogP contribution in [0.4, 0.5) is 5.69 Å². The highest BCUT2D eigenvalue weighted by molar-refractivity contribution is 9.11. The number of methoxy groups -OCH3 is 1. The van der Waals surface area contributed by atoms with Gasteiger partial charge in [0.25, 0.3) is 5.91 Å². The van der Waals surface area contributed by atoms with Crippen molar-refractivity contribution in [2.45, 2.75) is 0 Å². The third-order valence-electron chi connectivity index (χ3n) is 3.10. The van der Waals surface area contributed by atoms with Gasteiger partial charge in [-0.2, -0.15) is 0 Å². The summed E-state index contributed by atoms with van der Waals surface area (Å²) in [5.74, 6) is -1.21. The van der Waals surface area contributed by atoms with Crippen molar-refractivity contribution in [1.82, 2.24) is 5.32 Å². The molecular weight excluding hydrogens is 476 g/mol. The quantitative estimate of drug-likeness (QED) is 0.564. The molecule has 0 aliphatic rings. The van der Waals surface area contributed by atoms with Gasteiger partial charge in [-0.05, 0) is 52.4 Å². The molecule has 1 amide bonds. The molecule has 6 nitrogen and oxygen atoms in total. The Labute approximate surface area is 165 Å². The van der Waals surface area contributed by atoms with E-state index in [2.05, 4.69) is 42.5 Å². The van der Waals surface area contributed by atoms with E-state index in [1.807, 2.05) is 0 Å². The first kappa shape index (κ1) is 19.4. The van der Waals surface area contributed by atoms with Gasteiger partial charge >= 0.3 is 5.97 Å². The van der Waals surface area contributed by atoms with E-state index in [9.17, 15) is 14.7 Å². The summed E-state index contributed by atoms with van der Waals surface area (Å²) in [6.45, 7) is 0. The van der Waals surface area contributed by atoms with Crippen molar-refractivity contribution < 1.29 is 19.4 Å². The van der Waals surface area contributed by atoms with Crippen LogP contribution in [0.3, 0.4) is 0 Å². The molecule has 0 heterocycles. The largest absolute Gasteiger partial charge is 0.496 e. The monoisotopic (exact) mass is 486 g/mol. The molecule has 130 valence electrons. The van der Waals surface area contributed by atoms with E-state index in [4.69, 9.17) is 17.0 Å². The van der Waals surface area contributed by atoms with Crippen LogP contribution in [0.2, 0.25) is 0 Å². The second-order valence-electron chi connectivity index (χ2n) is 4.72. The molecule has 2 aromatic rings. The highest BCUT2D eigenvalue weighted by Crippen LogP contribution is 2.31. The first-order valence-electron chi connectivity index (χ1n) is 6.81. The van der Waals surface area contributed by atoms with E-state index in [1.54, 1.807) is 30.3 Å². The molecular formula is C16H12Br2N2O4S. The van der Waals surface area contributed by atoms with E-state index >= 15 is 0 Å². The van der Waals surface area contributed by atoms with Crippen molar-refractivity contribution in [3.05, 3.63) is 56.5 Å². The molecule has 2 aromatic carbocycles. The van der Waals surface area contributed by atoms with Gasteiger partial charge in [0.1, 0.15) is 5.75 Å². The zero-order valence-corrected chi connectivity index (χ0v) is 16.8. The number of carbonyl (C=O) groups excluding carboxylic acids is 1. The lowest BCUT2D eigenvalue weighted by Crippen LogP contribution is -2.34. The van der Waals surface area contributed by atoms with Crippen LogP contribution in [-0.4, -0.2) is 29.2 Å². The van der Waals surface area contributed by atoms with Crippen molar-refractivity contribution >= 4 is 66.8 Å². The number of anilines is 1. The first-order chi connectivity index (χ1) is 11.8. The lowest BCUT2D eigenvalue weighted by atomic mass is 10.2. The highest BCUT2D eigenvalue weighted by Gasteiger charge is 2.18. The number of ether oxygens (including phenoxy) is 1. The van der Waals surface area contributed by atoms with Crippen molar-refractivity contribution in [2.24, 2.45) is 0 Å². The minimum Gasteiger partial charge on any atom is -0.496 e. The summed E-state index contributed by atoms with van der Waals surface area (Å²) in [6, 6.07) is 9.78. The predicted octanol–water partition coefficient (Wildman–Crippen LogP) is 4.05. The van der Waals surface area contributed by atoms with Crippen LogP contribution < -0.4 is 15.4 Å². The zero-order valence-electron chi connectivity index (χ0n) is 12.8. The third kappa shape index (κ3) is 4.77. The lowest BCUT2D eigenvalue weighted by Gasteiger charge is -2.14. The smallest absolute Gasteiger partial charge is 0.337 e. The molecule has 0 bridgehead atoms. The number of hydrogen-bond donors (Lipinski definition) is 3. The summed E-state index contributed by atoms with van der Waals surface area (Å²) in [5, 5.41) is 14.5. The molecule has 2 rings (SSSR count). The van der Waals surface area contributed by atoms with Gasteiger partial charge in [-0.25, -0.2) is 4.79 Å². The molecule has 0 aliphatic heterocycles. The Morgan fingerprint density at radius 3 is 2.48 bits per heavy atom. The summed E-state index contributed by atoms with van der Waals surface area (Å²) in [7, 11) is 1.46. The normalized spacial score (nSPS) is 10.0. The molecule has 0 radical (unpaired) electrons. The number of benzene rings is 2. The highest BCUT2D eigenvalue weighted by atomic mass is 79.9. The lowest BCUT2D eigenvalue weighted by molar-refractivity contribution is 0.0697. The number of carboxylic acid groups (broad SMARTS) is 1. The summed E-state index contributed by atoms with van der Waals surface area (Å²) in [4.78, 5) is 23.7. The maximum absolute atomic E-state index is 12.3. The summed E-state index contributed by atoms with van der Waals surface area (Å²) in [5.41, 5.74) is 0.540. The van der Waals surface area contributed by atoms with Crippen LogP contribution in [0, 0.1) is 0 Å². The number of para-hydroxylation sites is 1. The molecule has 9 heteroatoms. The number of carboxylic acids is 1. The minimum atomic E-state index is -1.14. The van der Waals surface area contributed by atoms with Crippen molar-refractivity contribution in [2.75, 3.05) is 12.4 Å². The van der Waals surface area contributed by atoms with E-state index in [-0.39, 0.29) is 16.4 Å². The maximum atomic E-state index is 12.3. The second-order valence-corrected chi connectivity index (χ2v) is 6.90. The zero-order chi connectivity index (χ0) is 18.6. The Kier molecular flexibility index (Phi) is 6.51. The van der Waals surface area contributed by atoms with Crippen LogP contribution in [-0.2, 0) is 0 Å². The third-order valence-corrected chi connectivity index (χ3v) is 4.39. The van der Waals surface area contributed by atoms with Gasteiger partial charge in [0.2, 0.25) is 0 Å². The van der Waals surface area contributed by atoms with Crippen molar-refractivity contribution in [3.63, 3.8) is 0 Å². The van der Waals surface area contributed by atoms with Gasteiger partial charge in [-0.3, -0.25) is 10.1 Å². The topological polar surface area (TPSA) is 87.7 Å². The van der Waals surface area contributed by atoms with Crippen LogP contribution in [0.15, 0.2) is 45.3 Å². The van der Waals surface area contributed by atoms with Gasteiger partial charge in [0, 0.05) is 8.95 Å². The Balaban J connectivity index is 2.21. The minimum absolute atomic E-state index is 0.00450. The fourth-order valence-corrected chi connectivity index (χ4v) is 3.54. The molecule has 0 spiro atoms. The fourth-order valence-electron chi connectivity index (χ4n) is 2.02. The van der Waals surface area contributed by atoms with Gasteiger partial charge in [0.15, 0.2) is 5.11 Å². The number of thiocarbonyl (C=S) groups is 1. The Morgan fingerprint density at radius 2 is 1.84 bits per heavy atom. The SMILES string of the molecule is COc1ccccc1C(=O)NC(=S)Nc1c(Br)cc(Br)cc1C(=O)O. The van der Waals surface area contributed by atoms with Crippen molar-refractivity contribution in [3.8, 4) is 5.75 Å². The number of rotatable bonds is 4. The molecule has 0 saturated heterocycles. The van der Waals surface area contributed by atoms with Gasteiger partial charge in [0.05, 0.1) is 23.9 Å². The molecule has 0 saturated carbocycles. The summed E-state index contributed by atoms with van der Waals surface area (Å²) in [6.07, 6.45) is 0. The molecule has 0 aromatic heterocycles. The van der Waals surface area contributed by atoms with E-state index in [0.29, 0.717) is 20.3 Å². The molecule has 0 unspecified atom stereocenters. The molecule has 3 N–H and O–H groups in total. The van der Waals surface area contributed by atoms with Crippen LogP contribution in [0.5, 0.6) is 5.75 Å². The Morgan fingerprint density at radius 1 is 1.16 bits per heavy atom. The van der Waals surface area contributed by atoms with Crippen LogP contribution in [0.25, 0.3) is 0 Å². The van der Waals surface area contributed by atoms with E-state index in [1.165, 1.54) is 13.2 Å². The molecule has 0 atom stereocenters. The average molecular weight is 488 g/mol. The number of carbonyl (C=O) groups is 2. The number of aromatic carboxylic acids is 1. The standard InChI is InChI=1S/C16H12Br2N2O4S/c1-24-12-5-3-2-4-9(12)14(21)20-16(25)19-13-10(15(22)23)6-8(17)7-11(13)18/h2-7H,1H3,(H,22,23)(H2,19,20,21,25). The van der Waals surface area contributed by atoms with Crippen molar-refractivity contribution in [1.29, 1.82) is 0 Å². The van der Waals surface area contributed by atoms with E-state index in [0.717, 1.165) is 0 Å². The average Bonchev–Trinajstić information content (AvgIpc) is 2.56. The number of hydrogen-bond acceptors (Lipinski definition) is 4. The van der Waals surface area contributed by atoms with Gasteiger partial charge in [-0.15, -0.1) is 0 Å². The van der Waals surface area contributed by atoms with Crippen LogP contribution in [0.1, 0.15) is 20.7 Å². The van der Waals surface area contributed by atoms with E-state index < -0.39 is 11.9 Å². The van der Waals surface area contributed by atoms with Gasteiger partial charge in [-0.1, -0.05) is 28.1 Å². The number of nitrogens with one attached hydrogen (secondary N) is 2. The summed E-state index contributed by atoms with van der Waals surface area (Å²) < 4.78 is 6.20. The number of halogens is 2. The summed E-state index contributed by atoms with van der Waals surface area (Å²) >= 11 is 11.6. The molecule has 25 heavy (non-hydrogen) atoms. The Hall–Kier alpha value is -1.97. The van der Waals surface area contributed by atoms with Gasteiger partial charge < -0.3 is 15.2 Å². The van der Waals surface area contributed by atoms with Crippen LogP contribution >= 0.6 is 44.1 Å². The first-order valence-corrected chi connectivity index (χ1v) is 8.80. The molecule has 0 fully saturated rings.